The van der Waals surface area contributed by atoms with Gasteiger partial charge in [-0.2, -0.15) is 0 Å². The molecular formula is C40H46O13. The zero-order chi connectivity index (χ0) is 38.7. The molecule has 2 aromatic carbocycles. The summed E-state index contributed by atoms with van der Waals surface area (Å²) in [5.41, 5.74) is -6.04. The average molecular weight is 735 g/mol. The van der Waals surface area contributed by atoms with Gasteiger partial charge in [-0.25, -0.2) is 9.59 Å². The maximum absolute atomic E-state index is 14.1. The summed E-state index contributed by atoms with van der Waals surface area (Å²) >= 11 is 0. The van der Waals surface area contributed by atoms with Gasteiger partial charge in [-0.05, 0) is 56.2 Å². The second kappa shape index (κ2) is 13.7. The highest BCUT2D eigenvalue weighted by molar-refractivity contribution is 5.90. The van der Waals surface area contributed by atoms with Gasteiger partial charge in [0.1, 0.15) is 18.3 Å². The Hall–Kier alpha value is -4.59. The van der Waals surface area contributed by atoms with Crippen LogP contribution in [-0.4, -0.2) is 94.5 Å². The summed E-state index contributed by atoms with van der Waals surface area (Å²) in [6, 6.07) is 16.4. The normalized spacial score (nSPS) is 34.5. The molecule has 2 aromatic rings. The van der Waals surface area contributed by atoms with Crippen molar-refractivity contribution >= 4 is 29.8 Å². The zero-order valence-corrected chi connectivity index (χ0v) is 30.8. The fourth-order valence-electron chi connectivity index (χ4n) is 9.56. The molecule has 284 valence electrons. The second-order valence-electron chi connectivity index (χ2n) is 15.3. The van der Waals surface area contributed by atoms with Crippen LogP contribution in [0.1, 0.15) is 82.0 Å². The number of benzene rings is 2. The third-order valence-corrected chi connectivity index (χ3v) is 11.8. The highest BCUT2D eigenvalue weighted by Crippen LogP contribution is 2.68. The zero-order valence-electron chi connectivity index (χ0n) is 30.8. The van der Waals surface area contributed by atoms with Gasteiger partial charge in [-0.1, -0.05) is 43.3 Å². The molecular weight excluding hydrogens is 688 g/mol. The molecule has 0 spiro atoms. The Morgan fingerprint density at radius 2 is 1.36 bits per heavy atom. The van der Waals surface area contributed by atoms with E-state index in [9.17, 15) is 34.2 Å². The Balaban J connectivity index is 1.66. The Morgan fingerprint density at radius 3 is 1.83 bits per heavy atom. The fraction of sp³-hybridized carbons (Fsp3) is 0.525. The third-order valence-electron chi connectivity index (χ3n) is 11.8. The predicted molar refractivity (Wildman–Crippen MR) is 185 cm³/mol. The molecule has 53 heavy (non-hydrogen) atoms. The number of aliphatic hydroxyl groups is 2. The monoisotopic (exact) mass is 734 g/mol. The topological polar surface area (TPSA) is 181 Å². The van der Waals surface area contributed by atoms with Crippen molar-refractivity contribution in [1.82, 2.24) is 0 Å². The summed E-state index contributed by atoms with van der Waals surface area (Å²) in [6.07, 6.45) is -8.16. The highest BCUT2D eigenvalue weighted by atomic mass is 16.6. The largest absolute Gasteiger partial charge is 0.462 e. The van der Waals surface area contributed by atoms with Gasteiger partial charge >= 0.3 is 29.8 Å². The van der Waals surface area contributed by atoms with Crippen LogP contribution < -0.4 is 0 Å². The Labute approximate surface area is 307 Å². The molecule has 2 N–H and O–H groups in total. The number of rotatable bonds is 8. The van der Waals surface area contributed by atoms with Gasteiger partial charge in [0.15, 0.2) is 17.8 Å². The van der Waals surface area contributed by atoms with Crippen LogP contribution in [0.3, 0.4) is 0 Å². The smallest absolute Gasteiger partial charge is 0.338 e. The summed E-state index contributed by atoms with van der Waals surface area (Å²) in [5.74, 6) is -4.97. The summed E-state index contributed by atoms with van der Waals surface area (Å²) in [6.45, 7) is 9.63. The number of fused-ring (bicyclic) bond motifs is 4. The summed E-state index contributed by atoms with van der Waals surface area (Å²) in [4.78, 5) is 66.6. The molecule has 2 saturated carbocycles. The van der Waals surface area contributed by atoms with Gasteiger partial charge in [0.05, 0.1) is 40.3 Å². The minimum Gasteiger partial charge on any atom is -0.462 e. The van der Waals surface area contributed by atoms with Crippen molar-refractivity contribution < 1.29 is 62.6 Å². The Morgan fingerprint density at radius 1 is 0.811 bits per heavy atom. The molecule has 10 atom stereocenters. The molecule has 6 rings (SSSR count). The van der Waals surface area contributed by atoms with Crippen molar-refractivity contribution in [1.29, 1.82) is 0 Å². The van der Waals surface area contributed by atoms with E-state index < -0.39 is 94.4 Å². The molecule has 0 radical (unpaired) electrons. The van der Waals surface area contributed by atoms with Crippen molar-refractivity contribution in [2.45, 2.75) is 109 Å². The molecule has 0 bridgehead atoms. The van der Waals surface area contributed by atoms with Gasteiger partial charge in [0.2, 0.25) is 0 Å². The first-order valence-electron chi connectivity index (χ1n) is 17.7. The number of carbonyl (C=O) groups is 5. The molecule has 1 saturated heterocycles. The van der Waals surface area contributed by atoms with E-state index in [4.69, 9.17) is 28.4 Å². The molecule has 0 aromatic heterocycles. The number of hydrogen-bond acceptors (Lipinski definition) is 13. The van der Waals surface area contributed by atoms with Crippen LogP contribution in [0, 0.1) is 16.7 Å². The lowest BCUT2D eigenvalue weighted by Gasteiger charge is -2.65. The maximum atomic E-state index is 14.1. The van der Waals surface area contributed by atoms with E-state index in [2.05, 4.69) is 0 Å². The van der Waals surface area contributed by atoms with Gasteiger partial charge in [0, 0.05) is 39.5 Å². The summed E-state index contributed by atoms with van der Waals surface area (Å²) in [7, 11) is 0. The SMILES string of the molecule is CC(=O)O[C@@H]1C2=C(C)[C@@H](OC(=O)c3ccccc3)C[C@@]2(C(C)(C)O)[C@@H](O)[C@@H]2[C@]3(OC(C)=O)CO[C@@H]3C[C@H](OC(C)=O)[C@@]2(C)[C@H]1OC(=O)c1ccccc1. The number of hydrogen-bond donors (Lipinski definition) is 2. The van der Waals surface area contributed by atoms with Gasteiger partial charge in [-0.3, -0.25) is 14.4 Å². The molecule has 13 nitrogen and oxygen atoms in total. The molecule has 4 aliphatic rings. The number of esters is 5. The van der Waals surface area contributed by atoms with E-state index >= 15 is 0 Å². The lowest BCUT2D eigenvalue weighted by atomic mass is 9.49. The van der Waals surface area contributed by atoms with Crippen LogP contribution in [0.4, 0.5) is 0 Å². The van der Waals surface area contributed by atoms with Crippen LogP contribution in [0.2, 0.25) is 0 Å². The summed E-state index contributed by atoms with van der Waals surface area (Å²) in [5, 5.41) is 25.7. The van der Waals surface area contributed by atoms with Crippen molar-refractivity contribution in [3.8, 4) is 0 Å². The van der Waals surface area contributed by atoms with Gasteiger partial charge in [-0.15, -0.1) is 0 Å². The molecule has 1 heterocycles. The first-order valence-corrected chi connectivity index (χ1v) is 17.7. The second-order valence-corrected chi connectivity index (χ2v) is 15.3. The predicted octanol–water partition coefficient (Wildman–Crippen LogP) is 3.88. The van der Waals surface area contributed by atoms with Crippen LogP contribution in [0.5, 0.6) is 0 Å². The molecule has 13 heteroatoms. The summed E-state index contributed by atoms with van der Waals surface area (Å²) < 4.78 is 36.8. The number of aliphatic hydroxyl groups excluding tert-OH is 1. The van der Waals surface area contributed by atoms with E-state index in [0.717, 1.165) is 0 Å². The number of ether oxygens (including phenoxy) is 6. The minimum atomic E-state index is -1.87. The van der Waals surface area contributed by atoms with E-state index in [1.165, 1.54) is 46.8 Å². The lowest BCUT2D eigenvalue weighted by molar-refractivity contribution is -0.352. The average Bonchev–Trinajstić information content (AvgIpc) is 3.35. The van der Waals surface area contributed by atoms with Crippen molar-refractivity contribution in [2.24, 2.45) is 16.7 Å². The first kappa shape index (κ1) is 38.1. The van der Waals surface area contributed by atoms with E-state index in [1.54, 1.807) is 62.4 Å². The maximum Gasteiger partial charge on any atom is 0.338 e. The van der Waals surface area contributed by atoms with E-state index in [1.807, 2.05) is 0 Å². The molecule has 3 fully saturated rings. The fourth-order valence-corrected chi connectivity index (χ4v) is 9.56. The van der Waals surface area contributed by atoms with Crippen LogP contribution in [-0.2, 0) is 42.8 Å². The van der Waals surface area contributed by atoms with E-state index in [0.29, 0.717) is 5.57 Å². The Kier molecular flexibility index (Phi) is 9.84. The highest BCUT2D eigenvalue weighted by Gasteiger charge is 2.79. The van der Waals surface area contributed by atoms with Gasteiger partial charge in [0.25, 0.3) is 0 Å². The molecule has 1 aliphatic heterocycles. The third kappa shape index (κ3) is 6.12. The van der Waals surface area contributed by atoms with Gasteiger partial charge < -0.3 is 38.6 Å². The van der Waals surface area contributed by atoms with Crippen molar-refractivity contribution in [2.75, 3.05) is 6.61 Å². The molecule has 3 aliphatic carbocycles. The van der Waals surface area contributed by atoms with Crippen LogP contribution >= 0.6 is 0 Å². The van der Waals surface area contributed by atoms with Crippen molar-refractivity contribution in [3.05, 3.63) is 82.9 Å². The quantitative estimate of drug-likeness (QED) is 0.227. The van der Waals surface area contributed by atoms with E-state index in [-0.39, 0.29) is 36.1 Å². The van der Waals surface area contributed by atoms with Crippen LogP contribution in [0.25, 0.3) is 0 Å². The minimum absolute atomic E-state index is 0.0381. The number of carbonyl (C=O) groups excluding carboxylic acids is 5. The van der Waals surface area contributed by atoms with Crippen LogP contribution in [0.15, 0.2) is 71.8 Å². The standard InChI is InChI=1S/C40H46O13/c1-21-27(51-35(45)25-14-10-8-11-15-25)19-39(37(5,6)47)30(21)31(50-23(3)42)34(52-36(46)26-16-12-9-13-17-26)38(7)28(49-22(2)41)18-29-40(20-48-29,53-24(4)43)32(38)33(39)44/h8-17,27-29,31-34,44,47H,18-20H2,1-7H3/t27-,28-,29+,31+,32-,33-,34-,38+,39-,40-/m0/s1. The Bertz CT molecular complexity index is 1820. The van der Waals surface area contributed by atoms with Crippen molar-refractivity contribution in [3.63, 3.8) is 0 Å². The molecule has 0 amide bonds. The molecule has 0 unspecified atom stereocenters. The lowest BCUT2D eigenvalue weighted by Crippen LogP contribution is -2.79. The first-order chi connectivity index (χ1) is 24.9.